The maximum Gasteiger partial charge on any atom is 0.336 e. The van der Waals surface area contributed by atoms with E-state index in [1.165, 1.54) is 0 Å². The third-order valence-corrected chi connectivity index (χ3v) is 2.76. The number of aryl methyl sites for hydroxylation is 1. The normalized spacial score (nSPS) is 11.9. The minimum atomic E-state index is -1.50. The molecule has 1 atom stereocenters. The second-order valence-corrected chi connectivity index (χ2v) is 4.23. The standard InChI is InChI=1S/C15H19FO2/c1-4-5-10-18-15(17)12(3)14(16)13-9-7-6-8-11(13)2/h6-9,14H,3-5,10H2,1-2H3. The third-order valence-electron chi connectivity index (χ3n) is 2.76. The number of carbonyl (C=O) groups excluding carboxylic acids is 1. The summed E-state index contributed by atoms with van der Waals surface area (Å²) >= 11 is 0. The molecule has 0 aromatic heterocycles. The molecule has 0 saturated carbocycles. The average molecular weight is 250 g/mol. The van der Waals surface area contributed by atoms with Gasteiger partial charge >= 0.3 is 5.97 Å². The Morgan fingerprint density at radius 2 is 2.11 bits per heavy atom. The van der Waals surface area contributed by atoms with E-state index in [1.807, 2.05) is 13.0 Å². The van der Waals surface area contributed by atoms with Crippen molar-refractivity contribution in [3.8, 4) is 0 Å². The van der Waals surface area contributed by atoms with E-state index in [4.69, 9.17) is 4.74 Å². The molecule has 98 valence electrons. The molecular weight excluding hydrogens is 231 g/mol. The zero-order valence-electron chi connectivity index (χ0n) is 10.9. The Kier molecular flexibility index (Phi) is 5.56. The van der Waals surface area contributed by atoms with Gasteiger partial charge in [-0.2, -0.15) is 0 Å². The van der Waals surface area contributed by atoms with Gasteiger partial charge < -0.3 is 4.74 Å². The first-order chi connectivity index (χ1) is 8.57. The summed E-state index contributed by atoms with van der Waals surface area (Å²) in [5.41, 5.74) is 1.13. The fraction of sp³-hybridized carbons (Fsp3) is 0.400. The van der Waals surface area contributed by atoms with E-state index in [0.717, 1.165) is 18.4 Å². The topological polar surface area (TPSA) is 26.3 Å². The summed E-state index contributed by atoms with van der Waals surface area (Å²) in [5, 5.41) is 0. The van der Waals surface area contributed by atoms with E-state index in [1.54, 1.807) is 25.1 Å². The molecule has 1 aromatic carbocycles. The van der Waals surface area contributed by atoms with E-state index >= 15 is 0 Å². The summed E-state index contributed by atoms with van der Waals surface area (Å²) in [7, 11) is 0. The van der Waals surface area contributed by atoms with Crippen LogP contribution < -0.4 is 0 Å². The van der Waals surface area contributed by atoms with Crippen molar-refractivity contribution in [1.29, 1.82) is 0 Å². The maximum atomic E-state index is 14.1. The van der Waals surface area contributed by atoms with Gasteiger partial charge in [-0.15, -0.1) is 0 Å². The van der Waals surface area contributed by atoms with Crippen molar-refractivity contribution in [1.82, 2.24) is 0 Å². The Bertz CT molecular complexity index is 426. The zero-order valence-corrected chi connectivity index (χ0v) is 10.9. The minimum absolute atomic E-state index is 0.139. The fourth-order valence-corrected chi connectivity index (χ4v) is 1.56. The van der Waals surface area contributed by atoms with Gasteiger partial charge in [0.15, 0.2) is 6.17 Å². The summed E-state index contributed by atoms with van der Waals surface area (Å²) in [5.74, 6) is -0.654. The van der Waals surface area contributed by atoms with Crippen LogP contribution in [0.1, 0.15) is 37.1 Å². The smallest absolute Gasteiger partial charge is 0.336 e. The molecule has 0 aliphatic rings. The number of rotatable bonds is 6. The molecular formula is C15H19FO2. The van der Waals surface area contributed by atoms with Crippen molar-refractivity contribution in [3.05, 3.63) is 47.5 Å². The first-order valence-electron chi connectivity index (χ1n) is 6.13. The first-order valence-corrected chi connectivity index (χ1v) is 6.13. The van der Waals surface area contributed by atoms with Crippen molar-refractivity contribution >= 4 is 5.97 Å². The highest BCUT2D eigenvalue weighted by atomic mass is 19.1. The lowest BCUT2D eigenvalue weighted by Crippen LogP contribution is -2.13. The van der Waals surface area contributed by atoms with Gasteiger partial charge in [0.1, 0.15) is 0 Å². The molecule has 0 aliphatic heterocycles. The molecule has 0 aliphatic carbocycles. The fourth-order valence-electron chi connectivity index (χ4n) is 1.56. The molecule has 0 spiro atoms. The summed E-state index contributed by atoms with van der Waals surface area (Å²) in [4.78, 5) is 11.6. The van der Waals surface area contributed by atoms with Crippen molar-refractivity contribution in [2.45, 2.75) is 32.9 Å². The molecule has 0 bridgehead atoms. The van der Waals surface area contributed by atoms with Crippen molar-refractivity contribution in [3.63, 3.8) is 0 Å². The van der Waals surface area contributed by atoms with Gasteiger partial charge in [0.05, 0.1) is 12.2 Å². The first kappa shape index (κ1) is 14.4. The molecule has 0 N–H and O–H groups in total. The van der Waals surface area contributed by atoms with Gasteiger partial charge in [0, 0.05) is 0 Å². The van der Waals surface area contributed by atoms with Gasteiger partial charge in [0.2, 0.25) is 0 Å². The quantitative estimate of drug-likeness (QED) is 0.435. The Hall–Kier alpha value is -1.64. The minimum Gasteiger partial charge on any atom is -0.462 e. The van der Waals surface area contributed by atoms with Crippen LogP contribution in [0.4, 0.5) is 4.39 Å². The van der Waals surface area contributed by atoms with Crippen LogP contribution in [0.15, 0.2) is 36.4 Å². The second-order valence-electron chi connectivity index (χ2n) is 4.23. The lowest BCUT2D eigenvalue weighted by Gasteiger charge is -2.13. The molecule has 2 nitrogen and oxygen atoms in total. The Morgan fingerprint density at radius 3 is 2.72 bits per heavy atom. The van der Waals surface area contributed by atoms with Crippen LogP contribution in [0, 0.1) is 6.92 Å². The van der Waals surface area contributed by atoms with Gasteiger partial charge in [-0.05, 0) is 24.5 Å². The molecule has 0 amide bonds. The molecule has 1 rings (SSSR count). The number of benzene rings is 1. The van der Waals surface area contributed by atoms with Crippen LogP contribution in [0.5, 0.6) is 0 Å². The number of hydrogen-bond donors (Lipinski definition) is 0. The zero-order chi connectivity index (χ0) is 13.5. The van der Waals surface area contributed by atoms with Crippen molar-refractivity contribution in [2.24, 2.45) is 0 Å². The highest BCUT2D eigenvalue weighted by Crippen LogP contribution is 2.28. The SMILES string of the molecule is C=C(C(=O)OCCCC)C(F)c1ccccc1C. The highest BCUT2D eigenvalue weighted by molar-refractivity contribution is 5.89. The van der Waals surface area contributed by atoms with Gasteiger partial charge in [0.25, 0.3) is 0 Å². The van der Waals surface area contributed by atoms with Crippen LogP contribution >= 0.6 is 0 Å². The Balaban J connectivity index is 2.67. The van der Waals surface area contributed by atoms with E-state index in [9.17, 15) is 9.18 Å². The molecule has 3 heteroatoms. The number of esters is 1. The van der Waals surface area contributed by atoms with Crippen molar-refractivity contribution in [2.75, 3.05) is 6.61 Å². The Labute approximate surface area is 107 Å². The third kappa shape index (κ3) is 3.69. The predicted molar refractivity (Wildman–Crippen MR) is 70.0 cm³/mol. The summed E-state index contributed by atoms with van der Waals surface area (Å²) in [6.45, 7) is 7.61. The lowest BCUT2D eigenvalue weighted by atomic mass is 10.00. The molecule has 0 fully saturated rings. The summed E-state index contributed by atoms with van der Waals surface area (Å²) in [6, 6.07) is 7.03. The second kappa shape index (κ2) is 6.94. The van der Waals surface area contributed by atoms with E-state index in [2.05, 4.69) is 6.58 Å². The maximum absolute atomic E-state index is 14.1. The number of carbonyl (C=O) groups is 1. The Morgan fingerprint density at radius 1 is 1.44 bits per heavy atom. The van der Waals surface area contributed by atoms with Gasteiger partial charge in [-0.1, -0.05) is 44.2 Å². The number of alkyl halides is 1. The average Bonchev–Trinajstić information content (AvgIpc) is 2.38. The van der Waals surface area contributed by atoms with Crippen LogP contribution in [-0.4, -0.2) is 12.6 Å². The van der Waals surface area contributed by atoms with E-state index in [0.29, 0.717) is 12.2 Å². The monoisotopic (exact) mass is 250 g/mol. The van der Waals surface area contributed by atoms with Crippen LogP contribution in [0.25, 0.3) is 0 Å². The molecule has 0 radical (unpaired) electrons. The van der Waals surface area contributed by atoms with Crippen molar-refractivity contribution < 1.29 is 13.9 Å². The molecule has 0 heterocycles. The lowest BCUT2D eigenvalue weighted by molar-refractivity contribution is -0.139. The summed E-state index contributed by atoms with van der Waals surface area (Å²) < 4.78 is 19.1. The number of hydrogen-bond acceptors (Lipinski definition) is 2. The molecule has 0 saturated heterocycles. The predicted octanol–water partition coefficient (Wildman–Crippen LogP) is 3.91. The van der Waals surface area contributed by atoms with E-state index < -0.39 is 12.1 Å². The van der Waals surface area contributed by atoms with Crippen LogP contribution in [0.2, 0.25) is 0 Å². The van der Waals surface area contributed by atoms with E-state index in [-0.39, 0.29) is 5.57 Å². The molecule has 1 aromatic rings. The number of unbranched alkanes of at least 4 members (excludes halogenated alkanes) is 1. The number of ether oxygens (including phenoxy) is 1. The van der Waals surface area contributed by atoms with Gasteiger partial charge in [-0.3, -0.25) is 0 Å². The van der Waals surface area contributed by atoms with Crippen LogP contribution in [0.3, 0.4) is 0 Å². The largest absolute Gasteiger partial charge is 0.462 e. The van der Waals surface area contributed by atoms with Gasteiger partial charge in [-0.25, -0.2) is 9.18 Å². The molecule has 18 heavy (non-hydrogen) atoms. The molecule has 1 unspecified atom stereocenters. The highest BCUT2D eigenvalue weighted by Gasteiger charge is 2.22. The summed E-state index contributed by atoms with van der Waals surface area (Å²) in [6.07, 6.45) is 0.206. The number of halogens is 1. The van der Waals surface area contributed by atoms with Crippen LogP contribution in [-0.2, 0) is 9.53 Å².